The highest BCUT2D eigenvalue weighted by molar-refractivity contribution is 5.77. The molecule has 0 aliphatic heterocycles. The van der Waals surface area contributed by atoms with Crippen molar-refractivity contribution in [2.75, 3.05) is 26.7 Å². The summed E-state index contributed by atoms with van der Waals surface area (Å²) in [5.41, 5.74) is 5.21. The van der Waals surface area contributed by atoms with Gasteiger partial charge in [-0.05, 0) is 26.7 Å². The quantitative estimate of drug-likeness (QED) is 0.586. The van der Waals surface area contributed by atoms with Gasteiger partial charge in [-0.15, -0.1) is 0 Å². The maximum atomic E-state index is 11.7. The van der Waals surface area contributed by atoms with Gasteiger partial charge in [-0.1, -0.05) is 13.8 Å². The average Bonchev–Trinajstić information content (AvgIpc) is 2.23. The molecule has 0 aliphatic carbocycles. The van der Waals surface area contributed by atoms with Gasteiger partial charge in [0.2, 0.25) is 0 Å². The number of aliphatic imine (C=N–C) groups is 1. The summed E-state index contributed by atoms with van der Waals surface area (Å²) in [5, 5.41) is 2.96. The Morgan fingerprint density at radius 1 is 1.42 bits per heavy atom. The number of nitrogens with one attached hydrogen (secondary N) is 1. The van der Waals surface area contributed by atoms with E-state index in [9.17, 15) is 4.79 Å². The third-order valence-electron chi connectivity index (χ3n) is 2.09. The van der Waals surface area contributed by atoms with Crippen LogP contribution in [0.5, 0.6) is 0 Å². The van der Waals surface area contributed by atoms with Crippen LogP contribution < -0.4 is 11.1 Å². The van der Waals surface area contributed by atoms with Crippen molar-refractivity contribution in [2.24, 2.45) is 16.6 Å². The molecule has 1 amide bonds. The average molecular weight is 272 g/mol. The number of guanidine groups is 1. The Bertz CT molecular complexity index is 308. The Kier molecular flexibility index (Phi) is 7.26. The number of amides is 1. The van der Waals surface area contributed by atoms with Gasteiger partial charge in [-0.3, -0.25) is 4.99 Å². The number of nitrogens with two attached hydrogens (primary N) is 1. The van der Waals surface area contributed by atoms with Crippen LogP contribution in [0.3, 0.4) is 0 Å². The molecule has 0 rings (SSSR count). The van der Waals surface area contributed by atoms with Gasteiger partial charge in [0.25, 0.3) is 0 Å². The molecule has 0 aromatic heterocycles. The van der Waals surface area contributed by atoms with Gasteiger partial charge in [0.15, 0.2) is 5.96 Å². The lowest BCUT2D eigenvalue weighted by Crippen LogP contribution is -2.41. The van der Waals surface area contributed by atoms with Crippen molar-refractivity contribution >= 4 is 12.1 Å². The molecule has 19 heavy (non-hydrogen) atoms. The minimum absolute atomic E-state index is 0.341. The van der Waals surface area contributed by atoms with Crippen LogP contribution in [-0.4, -0.2) is 49.2 Å². The number of carbonyl (C=O) groups excluding carboxylic acids is 1. The van der Waals surface area contributed by atoms with Gasteiger partial charge in [0, 0.05) is 26.7 Å². The van der Waals surface area contributed by atoms with Crippen molar-refractivity contribution in [3.05, 3.63) is 0 Å². The summed E-state index contributed by atoms with van der Waals surface area (Å²) in [6.07, 6.45) is -0.341. The number of rotatable bonds is 5. The molecule has 0 bridgehead atoms. The predicted octanol–water partition coefficient (Wildman–Crippen LogP) is 1.41. The third-order valence-corrected chi connectivity index (χ3v) is 2.09. The molecule has 0 aromatic carbocycles. The normalized spacial score (nSPS) is 12.5. The number of likely N-dealkylation sites (N-methyl/N-ethyl adjacent to an activating group) is 1. The van der Waals surface area contributed by atoms with E-state index < -0.39 is 5.60 Å². The Hall–Kier alpha value is -1.46. The van der Waals surface area contributed by atoms with Crippen LogP contribution in [0.1, 0.15) is 34.6 Å². The Morgan fingerprint density at radius 2 is 2.00 bits per heavy atom. The van der Waals surface area contributed by atoms with E-state index in [0.717, 1.165) is 0 Å². The first-order valence-corrected chi connectivity index (χ1v) is 6.59. The van der Waals surface area contributed by atoms with Crippen LogP contribution in [0.15, 0.2) is 4.99 Å². The van der Waals surface area contributed by atoms with Gasteiger partial charge < -0.3 is 20.7 Å². The molecular formula is C13H28N4O2. The van der Waals surface area contributed by atoms with Crippen molar-refractivity contribution in [3.8, 4) is 0 Å². The van der Waals surface area contributed by atoms with Gasteiger partial charge in [-0.2, -0.15) is 0 Å². The molecule has 0 atom stereocenters. The lowest BCUT2D eigenvalue weighted by molar-refractivity contribution is 0.0302. The summed E-state index contributed by atoms with van der Waals surface area (Å²) in [6, 6.07) is 0. The van der Waals surface area contributed by atoms with Crippen LogP contribution in [0.2, 0.25) is 0 Å². The zero-order valence-corrected chi connectivity index (χ0v) is 13.0. The van der Waals surface area contributed by atoms with Crippen molar-refractivity contribution < 1.29 is 9.53 Å². The van der Waals surface area contributed by atoms with Gasteiger partial charge in [0.1, 0.15) is 5.60 Å². The molecule has 0 saturated carbocycles. The van der Waals surface area contributed by atoms with Crippen LogP contribution in [0.25, 0.3) is 0 Å². The molecule has 0 heterocycles. The lowest BCUT2D eigenvalue weighted by atomic mass is 10.2. The summed E-state index contributed by atoms with van der Waals surface area (Å²) >= 11 is 0. The minimum Gasteiger partial charge on any atom is -0.444 e. The molecule has 0 unspecified atom stereocenters. The van der Waals surface area contributed by atoms with Gasteiger partial charge in [0.05, 0.1) is 0 Å². The van der Waals surface area contributed by atoms with Crippen molar-refractivity contribution in [1.29, 1.82) is 0 Å². The first kappa shape index (κ1) is 17.5. The zero-order valence-electron chi connectivity index (χ0n) is 13.0. The number of nitrogens with zero attached hydrogens (tertiary/aromatic N) is 2. The second-order valence-electron chi connectivity index (χ2n) is 5.95. The fourth-order valence-corrected chi connectivity index (χ4v) is 1.12. The predicted molar refractivity (Wildman–Crippen MR) is 78.2 cm³/mol. The standard InChI is InChI=1S/C13H28N4O2/c1-10(2)9-16-11(14)15-7-8-17(6)12(18)19-13(3,4)5/h10H,7-9H2,1-6H3,(H3,14,15,16). The Balaban J connectivity index is 3.94. The smallest absolute Gasteiger partial charge is 0.410 e. The first-order chi connectivity index (χ1) is 8.61. The summed E-state index contributed by atoms with van der Waals surface area (Å²) < 4.78 is 5.23. The fourth-order valence-electron chi connectivity index (χ4n) is 1.12. The fraction of sp³-hybridized carbons (Fsp3) is 0.846. The Labute approximate surface area is 116 Å². The molecule has 0 fully saturated rings. The topological polar surface area (TPSA) is 80.0 Å². The number of hydrogen-bond donors (Lipinski definition) is 2. The van der Waals surface area contributed by atoms with Crippen LogP contribution in [-0.2, 0) is 4.74 Å². The summed E-state index contributed by atoms with van der Waals surface area (Å²) in [6.45, 7) is 11.4. The van der Waals surface area contributed by atoms with E-state index >= 15 is 0 Å². The maximum absolute atomic E-state index is 11.7. The van der Waals surface area contributed by atoms with E-state index in [1.807, 2.05) is 20.8 Å². The molecule has 0 aromatic rings. The molecular weight excluding hydrogens is 244 g/mol. The van der Waals surface area contributed by atoms with Gasteiger partial charge in [-0.25, -0.2) is 4.79 Å². The molecule has 0 spiro atoms. The molecule has 0 aliphatic rings. The van der Waals surface area contributed by atoms with E-state index in [1.54, 1.807) is 7.05 Å². The van der Waals surface area contributed by atoms with E-state index in [4.69, 9.17) is 10.5 Å². The minimum atomic E-state index is -0.476. The van der Waals surface area contributed by atoms with Gasteiger partial charge >= 0.3 is 6.09 Å². The largest absolute Gasteiger partial charge is 0.444 e. The van der Waals surface area contributed by atoms with Crippen molar-refractivity contribution in [3.63, 3.8) is 0 Å². The number of hydrogen-bond acceptors (Lipinski definition) is 3. The van der Waals surface area contributed by atoms with E-state index in [0.29, 0.717) is 31.5 Å². The van der Waals surface area contributed by atoms with E-state index in [1.165, 1.54) is 4.90 Å². The van der Waals surface area contributed by atoms with E-state index in [2.05, 4.69) is 24.2 Å². The van der Waals surface area contributed by atoms with Crippen LogP contribution >= 0.6 is 0 Å². The summed E-state index contributed by atoms with van der Waals surface area (Å²) in [5.74, 6) is 0.885. The molecule has 6 heteroatoms. The molecule has 3 N–H and O–H groups in total. The summed E-state index contributed by atoms with van der Waals surface area (Å²) in [4.78, 5) is 17.3. The van der Waals surface area contributed by atoms with Crippen LogP contribution in [0.4, 0.5) is 4.79 Å². The second-order valence-corrected chi connectivity index (χ2v) is 5.95. The summed E-state index contributed by atoms with van der Waals surface area (Å²) in [7, 11) is 1.69. The number of ether oxygens (including phenoxy) is 1. The lowest BCUT2D eigenvalue weighted by Gasteiger charge is -2.24. The number of carbonyl (C=O) groups is 1. The molecule has 0 saturated heterocycles. The van der Waals surface area contributed by atoms with Crippen molar-refractivity contribution in [2.45, 2.75) is 40.2 Å². The SMILES string of the molecule is CC(C)CN=C(N)NCCN(C)C(=O)OC(C)(C)C. The highest BCUT2D eigenvalue weighted by atomic mass is 16.6. The third kappa shape index (κ3) is 10.2. The maximum Gasteiger partial charge on any atom is 0.410 e. The molecule has 0 radical (unpaired) electrons. The molecule has 6 nitrogen and oxygen atoms in total. The van der Waals surface area contributed by atoms with Crippen LogP contribution in [0, 0.1) is 5.92 Å². The van der Waals surface area contributed by atoms with E-state index in [-0.39, 0.29) is 6.09 Å². The Morgan fingerprint density at radius 3 is 2.47 bits per heavy atom. The second kappa shape index (κ2) is 7.86. The van der Waals surface area contributed by atoms with Crippen molar-refractivity contribution in [1.82, 2.24) is 10.2 Å². The monoisotopic (exact) mass is 272 g/mol. The zero-order chi connectivity index (χ0) is 15.1. The molecule has 112 valence electrons. The first-order valence-electron chi connectivity index (χ1n) is 6.59. The highest BCUT2D eigenvalue weighted by Crippen LogP contribution is 2.08. The highest BCUT2D eigenvalue weighted by Gasteiger charge is 2.19.